The van der Waals surface area contributed by atoms with Crippen LogP contribution in [0.2, 0.25) is 5.15 Å². The minimum atomic E-state index is 0.0832. The first-order valence-electron chi connectivity index (χ1n) is 9.36. The van der Waals surface area contributed by atoms with E-state index >= 15 is 0 Å². The van der Waals surface area contributed by atoms with Crippen molar-refractivity contribution in [3.8, 4) is 5.69 Å². The Morgan fingerprint density at radius 3 is 2.74 bits per heavy atom. The number of aromatic nitrogens is 5. The molecule has 0 aliphatic carbocycles. The maximum Gasteiger partial charge on any atom is 0.236 e. The van der Waals surface area contributed by atoms with Crippen LogP contribution in [0.4, 0.5) is 5.82 Å². The van der Waals surface area contributed by atoms with Crippen LogP contribution < -0.4 is 5.32 Å². The van der Waals surface area contributed by atoms with Gasteiger partial charge in [-0.25, -0.2) is 9.67 Å². The minimum Gasteiger partial charge on any atom is -0.379 e. The largest absolute Gasteiger partial charge is 0.379 e. The molecule has 3 rings (SSSR count). The number of fused-ring (bicyclic) bond motifs is 1. The summed E-state index contributed by atoms with van der Waals surface area (Å²) in [5.74, 6) is 1.67. The molecule has 0 amide bonds. The lowest BCUT2D eigenvalue weighted by Gasteiger charge is -2.20. The maximum atomic E-state index is 6.57. The molecular formula is C19H27ClN6O. The quantitative estimate of drug-likeness (QED) is 0.460. The molecule has 3 heterocycles. The molecule has 3 aromatic rings. The first-order valence-corrected chi connectivity index (χ1v) is 9.73. The van der Waals surface area contributed by atoms with Gasteiger partial charge in [0.05, 0.1) is 12.3 Å². The number of imidazole rings is 1. The van der Waals surface area contributed by atoms with E-state index in [0.29, 0.717) is 29.1 Å². The van der Waals surface area contributed by atoms with Crippen LogP contribution in [-0.4, -0.2) is 43.4 Å². The fourth-order valence-electron chi connectivity index (χ4n) is 2.92. The maximum absolute atomic E-state index is 6.57. The standard InChI is InChI=1S/C19H27ClN6O/c1-6-9-27-11-13(4)22-18-16(17(20)23-19-21-7-8-25(18)19)26-14(5)10-15(24-26)12(2)3/h7-8,10,12-13,22H,6,9,11H2,1-5H3. The summed E-state index contributed by atoms with van der Waals surface area (Å²) in [4.78, 5) is 8.72. The summed E-state index contributed by atoms with van der Waals surface area (Å²) < 4.78 is 9.44. The van der Waals surface area contributed by atoms with Gasteiger partial charge in [-0.2, -0.15) is 10.1 Å². The number of halogens is 1. The average Bonchev–Trinajstić information content (AvgIpc) is 3.22. The average molecular weight is 391 g/mol. The number of anilines is 1. The summed E-state index contributed by atoms with van der Waals surface area (Å²) in [7, 11) is 0. The third-order valence-electron chi connectivity index (χ3n) is 4.29. The van der Waals surface area contributed by atoms with E-state index in [1.54, 1.807) is 6.20 Å². The Bertz CT molecular complexity index is 916. The highest BCUT2D eigenvalue weighted by Crippen LogP contribution is 2.30. The summed E-state index contributed by atoms with van der Waals surface area (Å²) in [6.45, 7) is 11.8. The number of ether oxygens (including phenoxy) is 1. The molecule has 1 unspecified atom stereocenters. The first kappa shape index (κ1) is 19.6. The topological polar surface area (TPSA) is 69.3 Å². The second-order valence-electron chi connectivity index (χ2n) is 7.09. The molecule has 146 valence electrons. The molecule has 0 aromatic carbocycles. The molecule has 0 saturated carbocycles. The number of hydrogen-bond donors (Lipinski definition) is 1. The van der Waals surface area contributed by atoms with Gasteiger partial charge in [-0.1, -0.05) is 32.4 Å². The number of nitrogens with zero attached hydrogens (tertiary/aromatic N) is 5. The van der Waals surface area contributed by atoms with Crippen molar-refractivity contribution in [1.29, 1.82) is 0 Å². The second kappa shape index (κ2) is 8.27. The minimum absolute atomic E-state index is 0.0832. The molecule has 7 nitrogen and oxygen atoms in total. The third-order valence-corrected chi connectivity index (χ3v) is 4.55. The smallest absolute Gasteiger partial charge is 0.236 e. The van der Waals surface area contributed by atoms with Crippen LogP contribution in [0.15, 0.2) is 18.5 Å². The highest BCUT2D eigenvalue weighted by molar-refractivity contribution is 6.31. The Kier molecular flexibility index (Phi) is 6.01. The predicted octanol–water partition coefficient (Wildman–Crippen LogP) is 4.23. The van der Waals surface area contributed by atoms with E-state index < -0.39 is 0 Å². The summed E-state index contributed by atoms with van der Waals surface area (Å²) in [6.07, 6.45) is 4.57. The van der Waals surface area contributed by atoms with Crippen molar-refractivity contribution in [3.63, 3.8) is 0 Å². The monoisotopic (exact) mass is 390 g/mol. The van der Waals surface area contributed by atoms with Crippen LogP contribution in [0.1, 0.15) is 51.4 Å². The van der Waals surface area contributed by atoms with Crippen LogP contribution in [0.3, 0.4) is 0 Å². The predicted molar refractivity (Wildman–Crippen MR) is 108 cm³/mol. The Hall–Kier alpha value is -2.12. The van der Waals surface area contributed by atoms with Gasteiger partial charge < -0.3 is 10.1 Å². The van der Waals surface area contributed by atoms with Gasteiger partial charge in [0.2, 0.25) is 5.78 Å². The zero-order valence-electron chi connectivity index (χ0n) is 16.5. The van der Waals surface area contributed by atoms with E-state index in [1.807, 2.05) is 22.2 Å². The van der Waals surface area contributed by atoms with Gasteiger partial charge in [-0.15, -0.1) is 0 Å². The first-order chi connectivity index (χ1) is 12.9. The fraction of sp³-hybridized carbons (Fsp3) is 0.526. The summed E-state index contributed by atoms with van der Waals surface area (Å²) in [5, 5.41) is 8.64. The molecular weight excluding hydrogens is 364 g/mol. The van der Waals surface area contributed by atoms with Crippen molar-refractivity contribution in [1.82, 2.24) is 24.1 Å². The van der Waals surface area contributed by atoms with Gasteiger partial charge in [0.1, 0.15) is 11.5 Å². The lowest BCUT2D eigenvalue weighted by molar-refractivity contribution is 0.129. The molecule has 1 N–H and O–H groups in total. The fourth-order valence-corrected chi connectivity index (χ4v) is 3.16. The van der Waals surface area contributed by atoms with Gasteiger partial charge in [-0.3, -0.25) is 4.40 Å². The Balaban J connectivity index is 2.07. The van der Waals surface area contributed by atoms with Crippen LogP contribution in [-0.2, 0) is 4.74 Å². The molecule has 0 radical (unpaired) electrons. The van der Waals surface area contributed by atoms with Crippen molar-refractivity contribution in [2.45, 2.75) is 53.0 Å². The molecule has 8 heteroatoms. The molecule has 0 fully saturated rings. The molecule has 3 aromatic heterocycles. The van der Waals surface area contributed by atoms with Gasteiger partial charge in [0.15, 0.2) is 5.15 Å². The Labute approximate surface area is 164 Å². The van der Waals surface area contributed by atoms with E-state index in [9.17, 15) is 0 Å². The highest BCUT2D eigenvalue weighted by Gasteiger charge is 2.21. The number of aryl methyl sites for hydroxylation is 1. The Morgan fingerprint density at radius 1 is 1.30 bits per heavy atom. The van der Waals surface area contributed by atoms with E-state index in [1.165, 1.54) is 0 Å². The molecule has 1 atom stereocenters. The van der Waals surface area contributed by atoms with Crippen molar-refractivity contribution in [2.24, 2.45) is 0 Å². The molecule has 0 aliphatic heterocycles. The lowest BCUT2D eigenvalue weighted by atomic mass is 10.1. The van der Waals surface area contributed by atoms with E-state index in [-0.39, 0.29) is 6.04 Å². The molecule has 27 heavy (non-hydrogen) atoms. The van der Waals surface area contributed by atoms with Crippen molar-refractivity contribution >= 4 is 23.2 Å². The number of nitrogens with one attached hydrogen (secondary N) is 1. The van der Waals surface area contributed by atoms with Crippen LogP contribution in [0.25, 0.3) is 11.5 Å². The summed E-state index contributed by atoms with van der Waals surface area (Å²) in [6, 6.07) is 2.16. The van der Waals surface area contributed by atoms with Gasteiger partial charge in [-0.05, 0) is 32.3 Å². The van der Waals surface area contributed by atoms with Gasteiger partial charge in [0, 0.05) is 30.7 Å². The number of rotatable bonds is 8. The van der Waals surface area contributed by atoms with Crippen LogP contribution in [0.5, 0.6) is 0 Å². The SMILES string of the molecule is CCCOCC(C)Nc1c(-n2nc(C(C)C)cc2C)c(Cl)nc2nccn12. The van der Waals surface area contributed by atoms with Crippen LogP contribution in [0, 0.1) is 6.92 Å². The summed E-state index contributed by atoms with van der Waals surface area (Å²) in [5.41, 5.74) is 2.73. The second-order valence-corrected chi connectivity index (χ2v) is 7.45. The molecule has 0 bridgehead atoms. The lowest BCUT2D eigenvalue weighted by Crippen LogP contribution is -2.25. The van der Waals surface area contributed by atoms with Gasteiger partial charge in [0.25, 0.3) is 0 Å². The normalized spacial score (nSPS) is 12.9. The van der Waals surface area contributed by atoms with Crippen molar-refractivity contribution in [2.75, 3.05) is 18.5 Å². The third kappa shape index (κ3) is 4.09. The number of hydrogen-bond acceptors (Lipinski definition) is 5. The molecule has 0 saturated heterocycles. The van der Waals surface area contributed by atoms with Crippen molar-refractivity contribution < 1.29 is 4.74 Å². The molecule has 0 aliphatic rings. The van der Waals surface area contributed by atoms with E-state index in [0.717, 1.165) is 30.2 Å². The van der Waals surface area contributed by atoms with E-state index in [2.05, 4.69) is 49.0 Å². The van der Waals surface area contributed by atoms with Crippen LogP contribution >= 0.6 is 11.6 Å². The van der Waals surface area contributed by atoms with E-state index in [4.69, 9.17) is 21.4 Å². The van der Waals surface area contributed by atoms with Gasteiger partial charge >= 0.3 is 0 Å². The summed E-state index contributed by atoms with van der Waals surface area (Å²) >= 11 is 6.57. The zero-order chi connectivity index (χ0) is 19.6. The highest BCUT2D eigenvalue weighted by atomic mass is 35.5. The molecule has 0 spiro atoms. The zero-order valence-corrected chi connectivity index (χ0v) is 17.3. The Morgan fingerprint density at radius 2 is 2.07 bits per heavy atom. The van der Waals surface area contributed by atoms with Crippen molar-refractivity contribution in [3.05, 3.63) is 35.0 Å².